The molecule has 2 aromatic heterocycles. The van der Waals surface area contributed by atoms with Crippen molar-refractivity contribution < 1.29 is 9.90 Å². The van der Waals surface area contributed by atoms with E-state index in [9.17, 15) is 9.90 Å². The lowest BCUT2D eigenvalue weighted by molar-refractivity contribution is 0.0858. The SMILES string of the molecule is CSc1nc(C(=O)N[C@H]2[C@H]3CC[C@@H](C3)[C@@H]2CO)c2ccccn12. The van der Waals surface area contributed by atoms with Crippen LogP contribution in [0.15, 0.2) is 29.6 Å². The molecule has 4 atom stereocenters. The summed E-state index contributed by atoms with van der Waals surface area (Å²) in [5, 5.41) is 13.7. The van der Waals surface area contributed by atoms with Crippen LogP contribution in [0.1, 0.15) is 29.8 Å². The summed E-state index contributed by atoms with van der Waals surface area (Å²) >= 11 is 1.53. The van der Waals surface area contributed by atoms with Crippen LogP contribution in [-0.4, -0.2) is 39.3 Å². The van der Waals surface area contributed by atoms with E-state index in [1.807, 2.05) is 35.1 Å². The smallest absolute Gasteiger partial charge is 0.272 e. The summed E-state index contributed by atoms with van der Waals surface area (Å²) in [5.74, 6) is 1.15. The number of aromatic nitrogens is 2. The molecule has 122 valence electrons. The van der Waals surface area contributed by atoms with Crippen LogP contribution in [-0.2, 0) is 0 Å². The maximum absolute atomic E-state index is 12.8. The van der Waals surface area contributed by atoms with Crippen LogP contribution in [0.25, 0.3) is 5.52 Å². The molecule has 2 heterocycles. The second-order valence-electron chi connectivity index (χ2n) is 6.58. The highest BCUT2D eigenvalue weighted by Gasteiger charge is 2.47. The van der Waals surface area contributed by atoms with Crippen molar-refractivity contribution in [3.63, 3.8) is 0 Å². The first-order valence-electron chi connectivity index (χ1n) is 8.15. The number of fused-ring (bicyclic) bond motifs is 3. The minimum atomic E-state index is -0.120. The van der Waals surface area contributed by atoms with Gasteiger partial charge in [-0.05, 0) is 49.5 Å². The standard InChI is InChI=1S/C17H21N3O2S/c1-23-17-19-15(13-4-2-3-7-20(13)17)16(22)18-14-11-6-5-10(8-11)12(14)9-21/h2-4,7,10-12,14,21H,5-6,8-9H2,1H3,(H,18,22)/t10-,11-,12-,14-/m0/s1. The molecular formula is C17H21N3O2S. The summed E-state index contributed by atoms with van der Waals surface area (Å²) in [4.78, 5) is 17.3. The molecule has 5 nitrogen and oxygen atoms in total. The van der Waals surface area contributed by atoms with Crippen LogP contribution in [0.3, 0.4) is 0 Å². The Hall–Kier alpha value is -1.53. The van der Waals surface area contributed by atoms with Crippen LogP contribution in [0.2, 0.25) is 0 Å². The molecule has 2 bridgehead atoms. The Bertz CT molecular complexity index is 745. The van der Waals surface area contributed by atoms with Gasteiger partial charge in [-0.25, -0.2) is 4.98 Å². The number of imidazole rings is 1. The second kappa shape index (κ2) is 5.83. The number of nitrogens with one attached hydrogen (secondary N) is 1. The maximum atomic E-state index is 12.8. The molecule has 2 N–H and O–H groups in total. The first-order valence-corrected chi connectivity index (χ1v) is 9.38. The van der Waals surface area contributed by atoms with Gasteiger partial charge in [0, 0.05) is 24.8 Å². The predicted octanol–water partition coefficient (Wildman–Crippen LogP) is 2.19. The quantitative estimate of drug-likeness (QED) is 0.843. The van der Waals surface area contributed by atoms with Crippen molar-refractivity contribution in [1.29, 1.82) is 0 Å². The van der Waals surface area contributed by atoms with Crippen molar-refractivity contribution in [1.82, 2.24) is 14.7 Å². The number of thioether (sulfide) groups is 1. The molecule has 2 aliphatic rings. The molecule has 0 unspecified atom stereocenters. The number of aliphatic hydroxyl groups excluding tert-OH is 1. The minimum Gasteiger partial charge on any atom is -0.396 e. The minimum absolute atomic E-state index is 0.0874. The van der Waals surface area contributed by atoms with E-state index in [0.717, 1.165) is 23.5 Å². The number of carbonyl (C=O) groups excluding carboxylic acids is 1. The first-order chi connectivity index (χ1) is 11.2. The van der Waals surface area contributed by atoms with Crippen molar-refractivity contribution in [3.05, 3.63) is 30.1 Å². The number of nitrogens with zero attached hydrogens (tertiary/aromatic N) is 2. The van der Waals surface area contributed by atoms with E-state index in [1.165, 1.54) is 18.2 Å². The first kappa shape index (κ1) is 15.0. The Morgan fingerprint density at radius 1 is 1.43 bits per heavy atom. The topological polar surface area (TPSA) is 66.6 Å². The third-order valence-corrected chi connectivity index (χ3v) is 6.16. The van der Waals surface area contributed by atoms with Gasteiger partial charge < -0.3 is 10.4 Å². The van der Waals surface area contributed by atoms with Gasteiger partial charge in [-0.15, -0.1) is 0 Å². The Balaban J connectivity index is 1.63. The van der Waals surface area contributed by atoms with Gasteiger partial charge in [0.1, 0.15) is 0 Å². The Morgan fingerprint density at radius 3 is 3.04 bits per heavy atom. The number of hydrogen-bond donors (Lipinski definition) is 2. The van der Waals surface area contributed by atoms with E-state index in [-0.39, 0.29) is 24.5 Å². The molecule has 0 radical (unpaired) electrons. The number of carbonyl (C=O) groups is 1. The van der Waals surface area contributed by atoms with Crippen molar-refractivity contribution in [2.45, 2.75) is 30.5 Å². The van der Waals surface area contributed by atoms with Gasteiger partial charge in [-0.3, -0.25) is 9.20 Å². The summed E-state index contributed by atoms with van der Waals surface area (Å²) < 4.78 is 1.95. The largest absolute Gasteiger partial charge is 0.396 e. The zero-order valence-corrected chi connectivity index (χ0v) is 13.9. The monoisotopic (exact) mass is 331 g/mol. The van der Waals surface area contributed by atoms with Gasteiger partial charge in [0.2, 0.25) is 0 Å². The van der Waals surface area contributed by atoms with Crippen molar-refractivity contribution >= 4 is 23.2 Å². The molecule has 4 rings (SSSR count). The number of rotatable bonds is 4. The molecule has 2 saturated carbocycles. The number of aliphatic hydroxyl groups is 1. The summed E-state index contributed by atoms with van der Waals surface area (Å²) in [6.07, 6.45) is 7.37. The van der Waals surface area contributed by atoms with Gasteiger partial charge in [0.05, 0.1) is 5.52 Å². The fourth-order valence-electron chi connectivity index (χ4n) is 4.44. The molecule has 2 aliphatic carbocycles. The van der Waals surface area contributed by atoms with Gasteiger partial charge in [-0.2, -0.15) is 0 Å². The Morgan fingerprint density at radius 2 is 2.26 bits per heavy atom. The fourth-order valence-corrected chi connectivity index (χ4v) is 4.98. The Kier molecular flexibility index (Phi) is 3.81. The lowest BCUT2D eigenvalue weighted by Crippen LogP contribution is -2.45. The van der Waals surface area contributed by atoms with Crippen LogP contribution < -0.4 is 5.32 Å². The number of pyridine rings is 1. The molecule has 2 fully saturated rings. The van der Waals surface area contributed by atoms with Crippen LogP contribution in [0.5, 0.6) is 0 Å². The fraction of sp³-hybridized carbons (Fsp3) is 0.529. The molecule has 1 amide bonds. The van der Waals surface area contributed by atoms with E-state index >= 15 is 0 Å². The van der Waals surface area contributed by atoms with Crippen LogP contribution in [0.4, 0.5) is 0 Å². The highest BCUT2D eigenvalue weighted by Crippen LogP contribution is 2.48. The van der Waals surface area contributed by atoms with Gasteiger partial charge >= 0.3 is 0 Å². The van der Waals surface area contributed by atoms with Crippen molar-refractivity contribution in [2.75, 3.05) is 12.9 Å². The molecule has 6 heteroatoms. The van der Waals surface area contributed by atoms with E-state index in [1.54, 1.807) is 0 Å². The zero-order valence-electron chi connectivity index (χ0n) is 13.1. The molecule has 0 spiro atoms. The normalized spacial score (nSPS) is 29.3. The highest BCUT2D eigenvalue weighted by atomic mass is 32.2. The molecule has 23 heavy (non-hydrogen) atoms. The van der Waals surface area contributed by atoms with Gasteiger partial charge in [-0.1, -0.05) is 17.8 Å². The Labute approximate surface area is 139 Å². The van der Waals surface area contributed by atoms with Crippen molar-refractivity contribution in [3.8, 4) is 0 Å². The van der Waals surface area contributed by atoms with Gasteiger partial charge in [0.25, 0.3) is 5.91 Å². The van der Waals surface area contributed by atoms with E-state index in [2.05, 4.69) is 10.3 Å². The van der Waals surface area contributed by atoms with E-state index in [0.29, 0.717) is 17.5 Å². The molecule has 2 aromatic rings. The molecule has 0 aliphatic heterocycles. The highest BCUT2D eigenvalue weighted by molar-refractivity contribution is 7.98. The van der Waals surface area contributed by atoms with E-state index in [4.69, 9.17) is 0 Å². The zero-order chi connectivity index (χ0) is 16.0. The lowest BCUT2D eigenvalue weighted by atomic mass is 9.85. The summed E-state index contributed by atoms with van der Waals surface area (Å²) in [7, 11) is 0. The van der Waals surface area contributed by atoms with Gasteiger partial charge in [0.15, 0.2) is 10.9 Å². The average molecular weight is 331 g/mol. The van der Waals surface area contributed by atoms with Crippen LogP contribution >= 0.6 is 11.8 Å². The van der Waals surface area contributed by atoms with Crippen LogP contribution in [0, 0.1) is 17.8 Å². The number of amides is 1. The summed E-state index contributed by atoms with van der Waals surface area (Å²) in [5.41, 5.74) is 1.31. The molecular weight excluding hydrogens is 310 g/mol. The lowest BCUT2D eigenvalue weighted by Gasteiger charge is -2.30. The third kappa shape index (κ3) is 2.35. The predicted molar refractivity (Wildman–Crippen MR) is 89.6 cm³/mol. The third-order valence-electron chi connectivity index (χ3n) is 5.51. The van der Waals surface area contributed by atoms with Crippen molar-refractivity contribution in [2.24, 2.45) is 17.8 Å². The second-order valence-corrected chi connectivity index (χ2v) is 7.36. The number of hydrogen-bond acceptors (Lipinski definition) is 4. The molecule has 0 aromatic carbocycles. The molecule has 0 saturated heterocycles. The average Bonchev–Trinajstić information content (AvgIpc) is 3.27. The maximum Gasteiger partial charge on any atom is 0.272 e. The summed E-state index contributed by atoms with van der Waals surface area (Å²) in [6, 6.07) is 5.87. The summed E-state index contributed by atoms with van der Waals surface area (Å²) in [6.45, 7) is 0.159. The van der Waals surface area contributed by atoms with E-state index < -0.39 is 0 Å².